The topological polar surface area (TPSA) is 116 Å². The quantitative estimate of drug-likeness (QED) is 0.467. The largest absolute Gasteiger partial charge is 0.497 e. The molecule has 3 amide bonds. The van der Waals surface area contributed by atoms with Crippen molar-refractivity contribution in [2.45, 2.75) is 18.6 Å². The predicted octanol–water partition coefficient (Wildman–Crippen LogP) is 3.15. The minimum Gasteiger partial charge on any atom is -0.497 e. The summed E-state index contributed by atoms with van der Waals surface area (Å²) in [6.07, 6.45) is -1.81. The Bertz CT molecular complexity index is 1300. The normalized spacial score (nSPS) is 15.8. The number of carboxylic acids is 1. The molecular formula is C26H24FN3O6S. The van der Waals surface area contributed by atoms with Crippen molar-refractivity contribution in [2.24, 2.45) is 0 Å². The molecule has 2 aromatic carbocycles. The fourth-order valence-corrected chi connectivity index (χ4v) is 4.85. The molecule has 0 spiro atoms. The van der Waals surface area contributed by atoms with Crippen LogP contribution in [0.5, 0.6) is 5.75 Å². The number of nitrogens with one attached hydrogen (secondary N) is 1. The molecule has 3 aromatic rings. The molecule has 1 aliphatic rings. The molecule has 11 heteroatoms. The zero-order chi connectivity index (χ0) is 26.5. The number of hydrogen-bond acceptors (Lipinski definition) is 6. The van der Waals surface area contributed by atoms with E-state index in [-0.39, 0.29) is 18.7 Å². The Morgan fingerprint density at radius 3 is 2.38 bits per heavy atom. The number of amides is 3. The van der Waals surface area contributed by atoms with Gasteiger partial charge in [-0.25, -0.2) is 4.39 Å². The van der Waals surface area contributed by atoms with E-state index in [2.05, 4.69) is 5.32 Å². The van der Waals surface area contributed by atoms with Gasteiger partial charge in [-0.3, -0.25) is 19.2 Å². The van der Waals surface area contributed by atoms with Crippen LogP contribution >= 0.6 is 11.3 Å². The van der Waals surface area contributed by atoms with Gasteiger partial charge in [0.1, 0.15) is 11.6 Å². The summed E-state index contributed by atoms with van der Waals surface area (Å²) >= 11 is 1.21. The van der Waals surface area contributed by atoms with Crippen LogP contribution in [0.4, 0.5) is 4.39 Å². The van der Waals surface area contributed by atoms with Gasteiger partial charge in [0.2, 0.25) is 0 Å². The highest BCUT2D eigenvalue weighted by Gasteiger charge is 2.44. The molecule has 2 unspecified atom stereocenters. The summed E-state index contributed by atoms with van der Waals surface area (Å²) in [5.41, 5.74) is 0.639. The summed E-state index contributed by atoms with van der Waals surface area (Å²) < 4.78 is 18.7. The number of methoxy groups -OCH3 is 1. The molecule has 9 nitrogen and oxygen atoms in total. The highest BCUT2D eigenvalue weighted by molar-refractivity contribution is 7.12. The van der Waals surface area contributed by atoms with E-state index in [1.54, 1.807) is 35.7 Å². The van der Waals surface area contributed by atoms with Gasteiger partial charge in [-0.15, -0.1) is 11.3 Å². The first-order valence-electron chi connectivity index (χ1n) is 11.4. The summed E-state index contributed by atoms with van der Waals surface area (Å²) in [7, 11) is 1.47. The van der Waals surface area contributed by atoms with E-state index in [0.717, 1.165) is 12.1 Å². The first-order chi connectivity index (χ1) is 17.8. The minimum absolute atomic E-state index is 0.0887. The van der Waals surface area contributed by atoms with Crippen LogP contribution in [0.25, 0.3) is 0 Å². The zero-order valence-electron chi connectivity index (χ0n) is 19.8. The molecule has 192 valence electrons. The lowest BCUT2D eigenvalue weighted by molar-refractivity contribution is -0.138. The maximum atomic E-state index is 13.6. The second kappa shape index (κ2) is 11.2. The lowest BCUT2D eigenvalue weighted by Crippen LogP contribution is -2.54. The molecule has 1 saturated heterocycles. The number of ether oxygens (including phenoxy) is 1. The Balaban J connectivity index is 1.67. The number of thiophene rings is 1. The third-order valence-corrected chi connectivity index (χ3v) is 6.80. The molecule has 0 bridgehead atoms. The molecule has 1 fully saturated rings. The van der Waals surface area contributed by atoms with Gasteiger partial charge in [0.25, 0.3) is 17.7 Å². The molecule has 2 heterocycles. The number of aliphatic carboxylic acids is 1. The van der Waals surface area contributed by atoms with Crippen molar-refractivity contribution in [3.63, 3.8) is 0 Å². The lowest BCUT2D eigenvalue weighted by atomic mass is 10.0. The van der Waals surface area contributed by atoms with Crippen molar-refractivity contribution in [3.8, 4) is 5.75 Å². The molecule has 0 saturated carbocycles. The molecule has 1 aliphatic heterocycles. The van der Waals surface area contributed by atoms with E-state index < -0.39 is 48.1 Å². The number of carboxylic acid groups (broad SMARTS) is 1. The molecule has 2 atom stereocenters. The number of hydrogen-bond donors (Lipinski definition) is 2. The van der Waals surface area contributed by atoms with E-state index in [0.29, 0.717) is 16.2 Å². The van der Waals surface area contributed by atoms with Crippen molar-refractivity contribution in [2.75, 3.05) is 20.2 Å². The predicted molar refractivity (Wildman–Crippen MR) is 133 cm³/mol. The SMILES string of the molecule is COc1cccc(C(=O)N2CCN(C(=O)c3cccs3)C2C(=O)NC(CC(=O)O)c2ccc(F)cc2)c1. The Morgan fingerprint density at radius 1 is 1.05 bits per heavy atom. The Morgan fingerprint density at radius 2 is 1.76 bits per heavy atom. The highest BCUT2D eigenvalue weighted by Crippen LogP contribution is 2.26. The van der Waals surface area contributed by atoms with Crippen LogP contribution in [-0.2, 0) is 9.59 Å². The number of rotatable bonds is 8. The highest BCUT2D eigenvalue weighted by atomic mass is 32.1. The summed E-state index contributed by atoms with van der Waals surface area (Å²) in [5.74, 6) is -2.88. The molecule has 1 aromatic heterocycles. The maximum Gasteiger partial charge on any atom is 0.305 e. The van der Waals surface area contributed by atoms with Crippen molar-refractivity contribution in [1.29, 1.82) is 0 Å². The third kappa shape index (κ3) is 5.78. The van der Waals surface area contributed by atoms with E-state index in [9.17, 15) is 28.7 Å². The minimum atomic E-state index is -1.33. The zero-order valence-corrected chi connectivity index (χ0v) is 20.6. The number of halogens is 1. The average molecular weight is 526 g/mol. The standard InChI is InChI=1S/C26H24FN3O6S/c1-36-19-5-2-4-17(14-19)25(34)29-11-12-30(26(35)21-6-3-13-37-21)24(29)23(33)28-20(15-22(31)32)16-7-9-18(27)10-8-16/h2-10,13-14,20,24H,11-12,15H2,1H3,(H,28,33)(H,31,32). The smallest absolute Gasteiger partial charge is 0.305 e. The third-order valence-electron chi connectivity index (χ3n) is 5.94. The van der Waals surface area contributed by atoms with Crippen LogP contribution in [0.1, 0.15) is 38.1 Å². The van der Waals surface area contributed by atoms with Gasteiger partial charge in [-0.05, 0) is 47.3 Å². The summed E-state index contributed by atoms with van der Waals surface area (Å²) in [6.45, 7) is 0.191. The summed E-state index contributed by atoms with van der Waals surface area (Å²) in [5, 5.41) is 13.8. The van der Waals surface area contributed by atoms with Gasteiger partial charge < -0.3 is 25.0 Å². The van der Waals surface area contributed by atoms with Crippen molar-refractivity contribution in [1.82, 2.24) is 15.1 Å². The Labute approximate surface area is 216 Å². The van der Waals surface area contributed by atoms with Gasteiger partial charge in [0, 0.05) is 18.7 Å². The van der Waals surface area contributed by atoms with Gasteiger partial charge in [0.15, 0.2) is 6.17 Å². The van der Waals surface area contributed by atoms with Crippen molar-refractivity contribution < 1.29 is 33.4 Å². The number of nitrogens with zero attached hydrogens (tertiary/aromatic N) is 2. The number of carbonyl (C=O) groups excluding carboxylic acids is 3. The van der Waals surface area contributed by atoms with Gasteiger partial charge in [-0.2, -0.15) is 0 Å². The van der Waals surface area contributed by atoms with Crippen molar-refractivity contribution in [3.05, 3.63) is 87.9 Å². The molecular weight excluding hydrogens is 501 g/mol. The van der Waals surface area contributed by atoms with Crippen LogP contribution in [0, 0.1) is 5.82 Å². The number of benzene rings is 2. The van der Waals surface area contributed by atoms with Gasteiger partial charge in [-0.1, -0.05) is 24.3 Å². The van der Waals surface area contributed by atoms with Crippen LogP contribution in [-0.4, -0.2) is 65.0 Å². The molecule has 0 radical (unpaired) electrons. The van der Waals surface area contributed by atoms with Crippen LogP contribution in [0.15, 0.2) is 66.0 Å². The Hall–Kier alpha value is -4.25. The van der Waals surface area contributed by atoms with Crippen LogP contribution in [0.3, 0.4) is 0 Å². The summed E-state index contributed by atoms with van der Waals surface area (Å²) in [6, 6.07) is 13.8. The maximum absolute atomic E-state index is 13.6. The van der Waals surface area contributed by atoms with Crippen LogP contribution in [0.2, 0.25) is 0 Å². The second-order valence-electron chi connectivity index (χ2n) is 8.29. The molecule has 0 aliphatic carbocycles. The monoisotopic (exact) mass is 525 g/mol. The lowest BCUT2D eigenvalue weighted by Gasteiger charge is -2.30. The first kappa shape index (κ1) is 25.8. The fraction of sp³-hybridized carbons (Fsp3) is 0.231. The van der Waals surface area contributed by atoms with E-state index in [1.165, 1.54) is 46.4 Å². The van der Waals surface area contributed by atoms with Crippen LogP contribution < -0.4 is 10.1 Å². The first-order valence-corrected chi connectivity index (χ1v) is 12.2. The van der Waals surface area contributed by atoms with Gasteiger partial charge >= 0.3 is 5.97 Å². The molecule has 4 rings (SSSR count). The Kier molecular flexibility index (Phi) is 7.83. The molecule has 37 heavy (non-hydrogen) atoms. The van der Waals surface area contributed by atoms with E-state index >= 15 is 0 Å². The number of carbonyl (C=O) groups is 4. The summed E-state index contributed by atoms with van der Waals surface area (Å²) in [4.78, 5) is 54.9. The average Bonchev–Trinajstić information content (AvgIpc) is 3.58. The second-order valence-corrected chi connectivity index (χ2v) is 9.24. The van der Waals surface area contributed by atoms with Crippen molar-refractivity contribution >= 4 is 35.0 Å². The fourth-order valence-electron chi connectivity index (χ4n) is 4.17. The van der Waals surface area contributed by atoms with E-state index in [4.69, 9.17) is 4.74 Å². The van der Waals surface area contributed by atoms with Gasteiger partial charge in [0.05, 0.1) is 24.4 Å². The van der Waals surface area contributed by atoms with E-state index in [1.807, 2.05) is 0 Å². The molecule has 2 N–H and O–H groups in total.